The van der Waals surface area contributed by atoms with E-state index in [1.54, 1.807) is 0 Å². The van der Waals surface area contributed by atoms with Gasteiger partial charge < -0.3 is 24.3 Å². The fraction of sp³-hybridized carbons (Fsp3) is 0.469. The highest BCUT2D eigenvalue weighted by Crippen LogP contribution is 2.31. The Morgan fingerprint density at radius 2 is 1.41 bits per heavy atom. The van der Waals surface area contributed by atoms with Crippen LogP contribution in [0.5, 0.6) is 5.75 Å². The normalized spacial score (nSPS) is 10.9. The molecule has 0 atom stereocenters. The van der Waals surface area contributed by atoms with Gasteiger partial charge in [0.1, 0.15) is 5.75 Å². The summed E-state index contributed by atoms with van der Waals surface area (Å²) in [4.78, 5) is 34.3. The van der Waals surface area contributed by atoms with E-state index in [0.29, 0.717) is 22.9 Å². The molecular formula is C32H43ClN2O6. The van der Waals surface area contributed by atoms with Crippen LogP contribution in [0.15, 0.2) is 48.7 Å². The number of hydrogen-bond donors (Lipinski definition) is 2. The Labute approximate surface area is 247 Å². The molecule has 0 aliphatic heterocycles. The minimum Gasteiger partial charge on any atom is -0.494 e. The first-order valence-electron chi connectivity index (χ1n) is 14.5. The summed E-state index contributed by atoms with van der Waals surface area (Å²) in [5.74, 6) is -2.84. The lowest BCUT2D eigenvalue weighted by Gasteiger charge is -2.21. The molecule has 9 heteroatoms. The van der Waals surface area contributed by atoms with Gasteiger partial charge in [0, 0.05) is 23.9 Å². The lowest BCUT2D eigenvalue weighted by Crippen LogP contribution is -2.28. The van der Waals surface area contributed by atoms with Gasteiger partial charge in [0.15, 0.2) is 0 Å². The Balaban J connectivity index is 0.000000883. The average Bonchev–Trinajstić information content (AvgIpc) is 3.26. The molecule has 8 nitrogen and oxygen atoms in total. The fourth-order valence-electron chi connectivity index (χ4n) is 4.47. The van der Waals surface area contributed by atoms with Gasteiger partial charge in [-0.05, 0) is 81.6 Å². The highest BCUT2D eigenvalue weighted by molar-refractivity contribution is 6.35. The zero-order chi connectivity index (χ0) is 30.2. The summed E-state index contributed by atoms with van der Waals surface area (Å²) >= 11 is 6.71. The van der Waals surface area contributed by atoms with Gasteiger partial charge >= 0.3 is 11.9 Å². The summed E-state index contributed by atoms with van der Waals surface area (Å²) in [5.41, 5.74) is 3.16. The number of carbonyl (C=O) groups is 3. The molecule has 0 spiro atoms. The molecule has 0 bridgehead atoms. The van der Waals surface area contributed by atoms with Gasteiger partial charge in [-0.25, -0.2) is 9.59 Å². The maximum atomic E-state index is 13.6. The number of carboxylic acids is 2. The summed E-state index contributed by atoms with van der Waals surface area (Å²) < 4.78 is 7.93. The molecule has 2 heterocycles. The van der Waals surface area contributed by atoms with Crippen LogP contribution in [-0.4, -0.2) is 63.5 Å². The highest BCUT2D eigenvalue weighted by Gasteiger charge is 2.23. The molecule has 2 N–H and O–H groups in total. The quantitative estimate of drug-likeness (QED) is 0.106. The van der Waals surface area contributed by atoms with Crippen LogP contribution < -0.4 is 4.74 Å². The Hall–Kier alpha value is -3.36. The number of aliphatic carboxylic acids is 2. The Bertz CT molecular complexity index is 1240. The van der Waals surface area contributed by atoms with E-state index < -0.39 is 11.9 Å². The number of fused-ring (bicyclic) bond motifs is 1. The highest BCUT2D eigenvalue weighted by atomic mass is 35.5. The number of pyridine rings is 1. The summed E-state index contributed by atoms with van der Waals surface area (Å²) in [7, 11) is 0. The minimum atomic E-state index is -1.82. The first-order chi connectivity index (χ1) is 19.7. The van der Waals surface area contributed by atoms with Gasteiger partial charge in [0.25, 0.3) is 0 Å². The number of ether oxygens (including phenoxy) is 1. The standard InChI is InChI=1S/C30H41ClN2O2.C2H2O4/c1-4-7-13-26-28(31)27-14-10-11-22-33(27)29(26)30(34)24-15-17-25(18-16-24)35-23-12-21-32(19-8-5-2)20-9-6-3;3-1(4)2(5)6/h10-11,14-18,22H,4-9,12-13,19-21,23H2,1-3H3;(H,3,4)(H,5,6). The number of benzene rings is 1. The molecule has 0 aliphatic carbocycles. The Morgan fingerprint density at radius 3 is 1.98 bits per heavy atom. The van der Waals surface area contributed by atoms with E-state index in [1.165, 1.54) is 38.8 Å². The molecule has 0 unspecified atom stereocenters. The van der Waals surface area contributed by atoms with Crippen molar-refractivity contribution < 1.29 is 29.3 Å². The molecule has 2 aromatic heterocycles. The molecule has 1 aromatic carbocycles. The molecule has 0 amide bonds. The maximum absolute atomic E-state index is 13.6. The molecule has 0 aliphatic rings. The van der Waals surface area contributed by atoms with E-state index in [2.05, 4.69) is 25.7 Å². The molecule has 0 saturated carbocycles. The van der Waals surface area contributed by atoms with Crippen LogP contribution in [-0.2, 0) is 16.0 Å². The predicted molar refractivity (Wildman–Crippen MR) is 163 cm³/mol. The average molecular weight is 587 g/mol. The summed E-state index contributed by atoms with van der Waals surface area (Å²) in [6.45, 7) is 10.7. The second-order valence-corrected chi connectivity index (χ2v) is 10.3. The van der Waals surface area contributed by atoms with Gasteiger partial charge in [-0.3, -0.25) is 4.79 Å². The van der Waals surface area contributed by atoms with Crippen molar-refractivity contribution in [2.24, 2.45) is 0 Å². The molecular weight excluding hydrogens is 544 g/mol. The Kier molecular flexibility index (Phi) is 15.0. The SMILES string of the molecule is CCCCc1c(Cl)c2ccccn2c1C(=O)c1ccc(OCCCN(CCCC)CCCC)cc1.O=C(O)C(=O)O. The van der Waals surface area contributed by atoms with Crippen molar-refractivity contribution in [1.82, 2.24) is 9.30 Å². The third kappa shape index (κ3) is 10.5. The zero-order valence-corrected chi connectivity index (χ0v) is 25.2. The van der Waals surface area contributed by atoms with Crippen molar-refractivity contribution in [2.75, 3.05) is 26.2 Å². The lowest BCUT2D eigenvalue weighted by molar-refractivity contribution is -0.159. The smallest absolute Gasteiger partial charge is 0.414 e. The molecule has 41 heavy (non-hydrogen) atoms. The van der Waals surface area contributed by atoms with E-state index >= 15 is 0 Å². The molecule has 224 valence electrons. The number of carboxylic acid groups (broad SMARTS) is 2. The minimum absolute atomic E-state index is 0.00163. The number of ketones is 1. The number of halogens is 1. The number of rotatable bonds is 16. The third-order valence-corrected chi connectivity index (χ3v) is 7.14. The molecule has 0 fully saturated rings. The summed E-state index contributed by atoms with van der Waals surface area (Å²) in [5, 5.41) is 15.5. The lowest BCUT2D eigenvalue weighted by atomic mass is 10.0. The number of unbranched alkanes of at least 4 members (excludes halogenated alkanes) is 3. The van der Waals surface area contributed by atoms with Crippen LogP contribution >= 0.6 is 11.6 Å². The van der Waals surface area contributed by atoms with Crippen molar-refractivity contribution in [1.29, 1.82) is 0 Å². The van der Waals surface area contributed by atoms with E-state index in [-0.39, 0.29) is 5.78 Å². The maximum Gasteiger partial charge on any atom is 0.414 e. The van der Waals surface area contributed by atoms with Crippen molar-refractivity contribution in [3.05, 3.63) is 70.5 Å². The van der Waals surface area contributed by atoms with Crippen molar-refractivity contribution in [2.45, 2.75) is 72.1 Å². The fourth-order valence-corrected chi connectivity index (χ4v) is 4.80. The second kappa shape index (κ2) is 18.1. The Morgan fingerprint density at radius 1 is 0.829 bits per heavy atom. The van der Waals surface area contributed by atoms with Crippen molar-refractivity contribution >= 4 is 34.8 Å². The van der Waals surface area contributed by atoms with Crippen molar-refractivity contribution in [3.8, 4) is 5.75 Å². The predicted octanol–water partition coefficient (Wildman–Crippen LogP) is 6.99. The molecule has 3 rings (SSSR count). The number of nitrogens with zero attached hydrogens (tertiary/aromatic N) is 2. The van der Waals surface area contributed by atoms with Crippen LogP contribution in [0.4, 0.5) is 0 Å². The topological polar surface area (TPSA) is 109 Å². The van der Waals surface area contributed by atoms with Crippen molar-refractivity contribution in [3.63, 3.8) is 0 Å². The largest absolute Gasteiger partial charge is 0.494 e. The van der Waals surface area contributed by atoms with E-state index in [9.17, 15) is 4.79 Å². The van der Waals surface area contributed by atoms with Crippen LogP contribution in [0.2, 0.25) is 5.02 Å². The second-order valence-electron chi connectivity index (χ2n) is 9.92. The monoisotopic (exact) mass is 586 g/mol. The number of hydrogen-bond acceptors (Lipinski definition) is 5. The van der Waals surface area contributed by atoms with Gasteiger partial charge in [-0.15, -0.1) is 0 Å². The first-order valence-corrected chi connectivity index (χ1v) is 14.9. The van der Waals surface area contributed by atoms with Crippen LogP contribution in [0.1, 0.15) is 87.3 Å². The summed E-state index contributed by atoms with van der Waals surface area (Å²) in [6.07, 6.45) is 10.7. The van der Waals surface area contributed by atoms with Crippen LogP contribution in [0.25, 0.3) is 5.52 Å². The number of aromatic nitrogens is 1. The van der Waals surface area contributed by atoms with Gasteiger partial charge in [0.2, 0.25) is 5.78 Å². The number of carbonyl (C=O) groups excluding carboxylic acids is 1. The summed E-state index contributed by atoms with van der Waals surface area (Å²) in [6, 6.07) is 13.4. The molecule has 0 saturated heterocycles. The van der Waals surface area contributed by atoms with E-state index in [4.69, 9.17) is 36.1 Å². The third-order valence-electron chi connectivity index (χ3n) is 6.71. The molecule has 0 radical (unpaired) electrons. The van der Waals surface area contributed by atoms with E-state index in [1.807, 2.05) is 53.1 Å². The van der Waals surface area contributed by atoms with Gasteiger partial charge in [-0.1, -0.05) is 57.7 Å². The van der Waals surface area contributed by atoms with E-state index in [0.717, 1.165) is 49.1 Å². The molecule has 3 aromatic rings. The first kappa shape index (κ1) is 33.8. The van der Waals surface area contributed by atoms with Gasteiger partial charge in [-0.2, -0.15) is 0 Å². The van der Waals surface area contributed by atoms with Gasteiger partial charge in [0.05, 0.1) is 22.8 Å². The van der Waals surface area contributed by atoms with Crippen LogP contribution in [0.3, 0.4) is 0 Å². The zero-order valence-electron chi connectivity index (χ0n) is 24.4. The van der Waals surface area contributed by atoms with Crippen LogP contribution in [0, 0.1) is 0 Å².